The summed E-state index contributed by atoms with van der Waals surface area (Å²) in [5.41, 5.74) is 3.61. The fourth-order valence-electron chi connectivity index (χ4n) is 3.22. The van der Waals surface area contributed by atoms with Crippen LogP contribution in [0.2, 0.25) is 0 Å². The predicted molar refractivity (Wildman–Crippen MR) is 102 cm³/mol. The lowest BCUT2D eigenvalue weighted by Gasteiger charge is -2.09. The summed E-state index contributed by atoms with van der Waals surface area (Å²) >= 11 is 0. The average Bonchev–Trinajstić information content (AvgIpc) is 3.02. The molecule has 0 saturated heterocycles. The molecule has 2 heterocycles. The van der Waals surface area contributed by atoms with E-state index in [9.17, 15) is 9.59 Å². The number of rotatable bonds is 4. The summed E-state index contributed by atoms with van der Waals surface area (Å²) in [6, 6.07) is 14.8. The highest BCUT2D eigenvalue weighted by molar-refractivity contribution is 5.81. The first-order valence-electron chi connectivity index (χ1n) is 8.75. The van der Waals surface area contributed by atoms with Crippen LogP contribution in [0.3, 0.4) is 0 Å². The summed E-state index contributed by atoms with van der Waals surface area (Å²) in [5.74, 6) is -0.135. The first kappa shape index (κ1) is 17.0. The lowest BCUT2D eigenvalue weighted by Crippen LogP contribution is -2.17. The zero-order valence-corrected chi connectivity index (χ0v) is 15.1. The van der Waals surface area contributed by atoms with Crippen molar-refractivity contribution in [3.63, 3.8) is 0 Å². The maximum absolute atomic E-state index is 12.3. The average molecular weight is 362 g/mol. The van der Waals surface area contributed by atoms with Gasteiger partial charge in [0.15, 0.2) is 5.82 Å². The van der Waals surface area contributed by atoms with E-state index in [0.29, 0.717) is 17.0 Å². The number of fused-ring (bicyclic) bond motifs is 1. The van der Waals surface area contributed by atoms with Crippen molar-refractivity contribution in [3.05, 3.63) is 86.2 Å². The second-order valence-corrected chi connectivity index (χ2v) is 6.45. The van der Waals surface area contributed by atoms with Crippen molar-refractivity contribution >= 4 is 11.0 Å². The van der Waals surface area contributed by atoms with Crippen LogP contribution in [-0.2, 0) is 13.0 Å². The van der Waals surface area contributed by atoms with E-state index in [4.69, 9.17) is 8.94 Å². The summed E-state index contributed by atoms with van der Waals surface area (Å²) in [5, 5.41) is 4.73. The first-order valence-corrected chi connectivity index (χ1v) is 8.75. The number of aromatic nitrogens is 2. The number of benzene rings is 2. The van der Waals surface area contributed by atoms with Crippen LogP contribution in [0.4, 0.5) is 0 Å². The van der Waals surface area contributed by atoms with Gasteiger partial charge in [-0.3, -0.25) is 9.09 Å². The van der Waals surface area contributed by atoms with Gasteiger partial charge >= 0.3 is 11.4 Å². The summed E-state index contributed by atoms with van der Waals surface area (Å²) in [7, 11) is 0. The molecule has 0 N–H and O–H groups in total. The van der Waals surface area contributed by atoms with Gasteiger partial charge in [0, 0.05) is 17.0 Å². The zero-order chi connectivity index (χ0) is 19.0. The second-order valence-electron chi connectivity index (χ2n) is 6.45. The Morgan fingerprint density at radius 2 is 1.89 bits per heavy atom. The monoisotopic (exact) mass is 362 g/mol. The molecule has 0 aliphatic heterocycles. The van der Waals surface area contributed by atoms with E-state index in [1.807, 2.05) is 56.3 Å². The Balaban J connectivity index is 1.87. The van der Waals surface area contributed by atoms with Crippen molar-refractivity contribution in [2.24, 2.45) is 0 Å². The van der Waals surface area contributed by atoms with Crippen molar-refractivity contribution in [3.8, 4) is 11.4 Å². The van der Waals surface area contributed by atoms with E-state index < -0.39 is 11.4 Å². The molecule has 6 nitrogen and oxygen atoms in total. The fraction of sp³-hybridized carbons (Fsp3) is 0.190. The van der Waals surface area contributed by atoms with Gasteiger partial charge in [-0.05, 0) is 36.1 Å². The molecule has 0 aliphatic carbocycles. The molecule has 0 atom stereocenters. The van der Waals surface area contributed by atoms with Gasteiger partial charge in [0.25, 0.3) is 0 Å². The molecule has 2 aromatic heterocycles. The molecule has 0 radical (unpaired) electrons. The van der Waals surface area contributed by atoms with Crippen molar-refractivity contribution in [1.82, 2.24) is 9.72 Å². The Labute approximate surface area is 154 Å². The third-order valence-corrected chi connectivity index (χ3v) is 4.70. The Morgan fingerprint density at radius 3 is 2.67 bits per heavy atom. The molecule has 0 unspecified atom stereocenters. The Hall–Kier alpha value is -3.41. The molecular weight excluding hydrogens is 344 g/mol. The van der Waals surface area contributed by atoms with Gasteiger partial charge < -0.3 is 4.42 Å². The standard InChI is InChI=1S/C21H18N2O4/c1-3-14-8-9-17-15(11-19(24)26-18(17)10-14)12-23-20(22-27-21(23)25)16-7-5-4-6-13(16)2/h4-11H,3,12H2,1-2H3. The first-order chi connectivity index (χ1) is 13.1. The maximum atomic E-state index is 12.3. The van der Waals surface area contributed by atoms with Gasteiger partial charge in [-0.1, -0.05) is 48.5 Å². The number of hydrogen-bond acceptors (Lipinski definition) is 5. The highest BCUT2D eigenvalue weighted by atomic mass is 16.5. The van der Waals surface area contributed by atoms with Gasteiger partial charge in [-0.15, -0.1) is 0 Å². The minimum Gasteiger partial charge on any atom is -0.423 e. The fourth-order valence-corrected chi connectivity index (χ4v) is 3.22. The quantitative estimate of drug-likeness (QED) is 0.519. The van der Waals surface area contributed by atoms with Gasteiger partial charge in [-0.2, -0.15) is 0 Å². The van der Waals surface area contributed by atoms with Crippen molar-refractivity contribution in [2.75, 3.05) is 0 Å². The van der Waals surface area contributed by atoms with E-state index >= 15 is 0 Å². The molecule has 0 saturated carbocycles. The molecule has 0 spiro atoms. The lowest BCUT2D eigenvalue weighted by molar-refractivity contribution is 0.378. The van der Waals surface area contributed by atoms with E-state index in [1.54, 1.807) is 0 Å². The minimum atomic E-state index is -0.570. The van der Waals surface area contributed by atoms with E-state index in [0.717, 1.165) is 28.5 Å². The van der Waals surface area contributed by atoms with Crippen LogP contribution >= 0.6 is 0 Å². The highest BCUT2D eigenvalue weighted by Gasteiger charge is 2.17. The lowest BCUT2D eigenvalue weighted by atomic mass is 10.1. The minimum absolute atomic E-state index is 0.166. The second kappa shape index (κ2) is 6.72. The van der Waals surface area contributed by atoms with Gasteiger partial charge in [0.05, 0.1) is 6.54 Å². The molecule has 0 bridgehead atoms. The van der Waals surface area contributed by atoms with Crippen LogP contribution in [0.15, 0.2) is 67.1 Å². The van der Waals surface area contributed by atoms with Gasteiger partial charge in [0.1, 0.15) is 5.58 Å². The normalized spacial score (nSPS) is 11.2. The van der Waals surface area contributed by atoms with Crippen molar-refractivity contribution in [1.29, 1.82) is 0 Å². The van der Waals surface area contributed by atoms with Gasteiger partial charge in [0.2, 0.25) is 0 Å². The molecule has 4 aromatic rings. The van der Waals surface area contributed by atoms with Crippen LogP contribution in [-0.4, -0.2) is 9.72 Å². The summed E-state index contributed by atoms with van der Waals surface area (Å²) < 4.78 is 11.7. The SMILES string of the molecule is CCc1ccc2c(Cn3c(-c4ccccc4C)noc3=O)cc(=O)oc2c1. The largest absolute Gasteiger partial charge is 0.442 e. The van der Waals surface area contributed by atoms with E-state index in [-0.39, 0.29) is 6.54 Å². The third-order valence-electron chi connectivity index (χ3n) is 4.70. The Bertz CT molecular complexity index is 1250. The van der Waals surface area contributed by atoms with Crippen LogP contribution in [0.5, 0.6) is 0 Å². The van der Waals surface area contributed by atoms with Gasteiger partial charge in [-0.25, -0.2) is 9.59 Å². The molecule has 0 fully saturated rings. The Kier molecular flexibility index (Phi) is 4.24. The van der Waals surface area contributed by atoms with Crippen LogP contribution in [0, 0.1) is 6.92 Å². The van der Waals surface area contributed by atoms with Crippen LogP contribution in [0.25, 0.3) is 22.4 Å². The molecule has 6 heteroatoms. The van der Waals surface area contributed by atoms with Crippen molar-refractivity contribution in [2.45, 2.75) is 26.8 Å². The molecule has 2 aromatic carbocycles. The predicted octanol–water partition coefficient (Wildman–Crippen LogP) is 3.53. The molecule has 136 valence electrons. The zero-order valence-electron chi connectivity index (χ0n) is 15.1. The summed E-state index contributed by atoms with van der Waals surface area (Å²) in [6.07, 6.45) is 0.840. The molecule has 27 heavy (non-hydrogen) atoms. The molecule has 4 rings (SSSR count). The summed E-state index contributed by atoms with van der Waals surface area (Å²) in [6.45, 7) is 4.14. The van der Waals surface area contributed by atoms with Crippen LogP contribution < -0.4 is 11.4 Å². The molecule has 0 aliphatic rings. The Morgan fingerprint density at radius 1 is 1.07 bits per heavy atom. The van der Waals surface area contributed by atoms with E-state index in [1.165, 1.54) is 10.6 Å². The number of aryl methyl sites for hydroxylation is 2. The topological polar surface area (TPSA) is 78.2 Å². The highest BCUT2D eigenvalue weighted by Crippen LogP contribution is 2.23. The summed E-state index contributed by atoms with van der Waals surface area (Å²) in [4.78, 5) is 24.3. The van der Waals surface area contributed by atoms with E-state index in [2.05, 4.69) is 5.16 Å². The molecule has 0 amide bonds. The maximum Gasteiger partial charge on any atom is 0.442 e. The number of hydrogen-bond donors (Lipinski definition) is 0. The smallest absolute Gasteiger partial charge is 0.423 e. The molecular formula is C21H18N2O4. The third kappa shape index (κ3) is 3.10. The van der Waals surface area contributed by atoms with Crippen molar-refractivity contribution < 1.29 is 8.94 Å². The number of nitrogens with zero attached hydrogens (tertiary/aromatic N) is 2. The van der Waals surface area contributed by atoms with Crippen LogP contribution in [0.1, 0.15) is 23.6 Å².